The van der Waals surface area contributed by atoms with Gasteiger partial charge in [-0.3, -0.25) is 9.59 Å². The van der Waals surface area contributed by atoms with E-state index in [1.54, 1.807) is 13.2 Å². The maximum Gasteiger partial charge on any atom is 0.328 e. The molecule has 41 heavy (non-hydrogen) atoms. The Morgan fingerprint density at radius 3 is 2.24 bits per heavy atom. The largest absolute Gasteiger partial charge is 0.496 e. The third kappa shape index (κ3) is 7.92. The van der Waals surface area contributed by atoms with Gasteiger partial charge < -0.3 is 29.6 Å². The van der Waals surface area contributed by atoms with Gasteiger partial charge in [0.05, 0.1) is 27.0 Å². The molecule has 0 spiro atoms. The number of hydrogen-bond donors (Lipinski definition) is 2. The van der Waals surface area contributed by atoms with Gasteiger partial charge in [-0.25, -0.2) is 4.79 Å². The third-order valence-electron chi connectivity index (χ3n) is 8.39. The van der Waals surface area contributed by atoms with Gasteiger partial charge in [0.2, 0.25) is 11.8 Å². The SMILES string of the molecule is COC(=O)C1CC(C/C(=N\O)c2cc(C)c(OC)cc2OC)CN1C(=O)C(NC(=O)CC1CCCCC1)C(C)(C)C. The fourth-order valence-corrected chi connectivity index (χ4v) is 6.12. The van der Waals surface area contributed by atoms with Gasteiger partial charge >= 0.3 is 5.97 Å². The molecule has 0 aromatic heterocycles. The predicted molar refractivity (Wildman–Crippen MR) is 155 cm³/mol. The monoisotopic (exact) mass is 573 g/mol. The van der Waals surface area contributed by atoms with Gasteiger partial charge in [-0.05, 0) is 61.5 Å². The number of methoxy groups -OCH3 is 3. The first-order valence-electron chi connectivity index (χ1n) is 14.5. The van der Waals surface area contributed by atoms with E-state index in [1.165, 1.54) is 25.5 Å². The van der Waals surface area contributed by atoms with Gasteiger partial charge in [-0.2, -0.15) is 0 Å². The van der Waals surface area contributed by atoms with Gasteiger partial charge in [0.25, 0.3) is 0 Å². The van der Waals surface area contributed by atoms with E-state index >= 15 is 0 Å². The third-order valence-corrected chi connectivity index (χ3v) is 8.39. The minimum Gasteiger partial charge on any atom is -0.496 e. The van der Waals surface area contributed by atoms with Crippen molar-refractivity contribution in [3.63, 3.8) is 0 Å². The molecule has 1 saturated heterocycles. The maximum atomic E-state index is 14.0. The Labute approximate surface area is 243 Å². The molecule has 3 unspecified atom stereocenters. The molecule has 1 aromatic carbocycles. The lowest BCUT2D eigenvalue weighted by Crippen LogP contribution is -2.57. The van der Waals surface area contributed by atoms with E-state index < -0.39 is 23.5 Å². The number of rotatable bonds is 10. The molecule has 0 radical (unpaired) electrons. The molecule has 3 atom stereocenters. The van der Waals surface area contributed by atoms with Crippen molar-refractivity contribution < 1.29 is 33.8 Å². The summed E-state index contributed by atoms with van der Waals surface area (Å²) in [5.41, 5.74) is 1.25. The van der Waals surface area contributed by atoms with Crippen molar-refractivity contribution in [1.29, 1.82) is 0 Å². The predicted octanol–water partition coefficient (Wildman–Crippen LogP) is 4.47. The van der Waals surface area contributed by atoms with Crippen LogP contribution in [0.3, 0.4) is 0 Å². The van der Waals surface area contributed by atoms with Crippen LogP contribution in [0.15, 0.2) is 17.3 Å². The van der Waals surface area contributed by atoms with Crippen LogP contribution in [0.4, 0.5) is 0 Å². The summed E-state index contributed by atoms with van der Waals surface area (Å²) < 4.78 is 16.0. The molecule has 1 aromatic rings. The van der Waals surface area contributed by atoms with E-state index in [0.717, 1.165) is 31.2 Å². The molecule has 1 heterocycles. The molecule has 1 aliphatic heterocycles. The highest BCUT2D eigenvalue weighted by atomic mass is 16.5. The van der Waals surface area contributed by atoms with Gasteiger partial charge in [0.15, 0.2) is 0 Å². The van der Waals surface area contributed by atoms with Crippen LogP contribution in [-0.4, -0.2) is 73.6 Å². The lowest BCUT2D eigenvalue weighted by molar-refractivity contribution is -0.153. The van der Waals surface area contributed by atoms with Crippen LogP contribution in [0.5, 0.6) is 11.5 Å². The van der Waals surface area contributed by atoms with Crippen molar-refractivity contribution in [3.05, 3.63) is 23.3 Å². The van der Waals surface area contributed by atoms with E-state index in [9.17, 15) is 19.6 Å². The number of carbonyl (C=O) groups is 3. The van der Waals surface area contributed by atoms with E-state index in [1.807, 2.05) is 33.8 Å². The molecule has 1 saturated carbocycles. The Balaban J connectivity index is 1.82. The molecular formula is C31H47N3O7. The number of aryl methyl sites for hydroxylation is 1. The van der Waals surface area contributed by atoms with Gasteiger partial charge in [0, 0.05) is 24.6 Å². The quantitative estimate of drug-likeness (QED) is 0.183. The molecule has 1 aliphatic carbocycles. The number of amides is 2. The summed E-state index contributed by atoms with van der Waals surface area (Å²) in [4.78, 5) is 41.5. The van der Waals surface area contributed by atoms with E-state index in [4.69, 9.17) is 14.2 Å². The Bertz CT molecular complexity index is 1120. The molecule has 2 N–H and O–H groups in total. The number of carbonyl (C=O) groups excluding carboxylic acids is 3. The molecular weight excluding hydrogens is 526 g/mol. The van der Waals surface area contributed by atoms with E-state index in [2.05, 4.69) is 10.5 Å². The van der Waals surface area contributed by atoms with Crippen LogP contribution in [0.25, 0.3) is 0 Å². The standard InChI is InChI=1S/C31H47N3O7/c1-19-13-22(26(40-6)17-25(19)39-5)23(33-38)14-21-15-24(30(37)41-7)34(18-21)29(36)28(31(2,3)4)32-27(35)16-20-11-9-8-10-12-20/h13,17,20-21,24,28,38H,8-12,14-16,18H2,1-7H3,(H,32,35)/b33-23+. The summed E-state index contributed by atoms with van der Waals surface area (Å²) in [6.07, 6.45) is 6.58. The van der Waals surface area contributed by atoms with E-state index in [0.29, 0.717) is 48.0 Å². The van der Waals surface area contributed by atoms with Crippen LogP contribution >= 0.6 is 0 Å². The molecule has 2 amide bonds. The number of ether oxygens (including phenoxy) is 3. The highest BCUT2D eigenvalue weighted by molar-refractivity contribution is 6.03. The maximum absolute atomic E-state index is 14.0. The summed E-state index contributed by atoms with van der Waals surface area (Å²) in [7, 11) is 4.40. The van der Waals surface area contributed by atoms with Gasteiger partial charge in [-0.1, -0.05) is 45.2 Å². The average Bonchev–Trinajstić information content (AvgIpc) is 3.37. The molecule has 10 heteroatoms. The summed E-state index contributed by atoms with van der Waals surface area (Å²) in [6.45, 7) is 7.86. The van der Waals surface area contributed by atoms with Crippen LogP contribution in [0.2, 0.25) is 0 Å². The van der Waals surface area contributed by atoms with Crippen molar-refractivity contribution in [1.82, 2.24) is 10.2 Å². The summed E-state index contributed by atoms with van der Waals surface area (Å²) in [5, 5.41) is 16.6. The molecule has 2 fully saturated rings. The number of nitrogens with zero attached hydrogens (tertiary/aromatic N) is 2. The smallest absolute Gasteiger partial charge is 0.328 e. The Morgan fingerprint density at radius 2 is 1.68 bits per heavy atom. The van der Waals surface area contributed by atoms with Crippen molar-refractivity contribution >= 4 is 23.5 Å². The van der Waals surface area contributed by atoms with Crippen LogP contribution < -0.4 is 14.8 Å². The number of oxime groups is 1. The first kappa shape index (κ1) is 32.2. The van der Waals surface area contributed by atoms with Crippen molar-refractivity contribution in [3.8, 4) is 11.5 Å². The van der Waals surface area contributed by atoms with Crippen molar-refractivity contribution in [2.75, 3.05) is 27.9 Å². The number of nitrogens with one attached hydrogen (secondary N) is 1. The summed E-state index contributed by atoms with van der Waals surface area (Å²) >= 11 is 0. The highest BCUT2D eigenvalue weighted by Crippen LogP contribution is 2.35. The second kappa shape index (κ2) is 14.0. The minimum absolute atomic E-state index is 0.132. The summed E-state index contributed by atoms with van der Waals surface area (Å²) in [5.74, 6) is 0.324. The Morgan fingerprint density at radius 1 is 1.02 bits per heavy atom. The first-order valence-corrected chi connectivity index (χ1v) is 14.5. The molecule has 228 valence electrons. The van der Waals surface area contributed by atoms with Crippen molar-refractivity contribution in [2.24, 2.45) is 22.4 Å². The van der Waals surface area contributed by atoms with Crippen LogP contribution in [0.1, 0.15) is 83.3 Å². The molecule has 2 aliphatic rings. The van der Waals surface area contributed by atoms with Gasteiger partial charge in [-0.15, -0.1) is 0 Å². The van der Waals surface area contributed by atoms with Crippen molar-refractivity contribution in [2.45, 2.75) is 91.1 Å². The Hall–Kier alpha value is -3.30. The van der Waals surface area contributed by atoms with E-state index in [-0.39, 0.29) is 24.3 Å². The highest BCUT2D eigenvalue weighted by Gasteiger charge is 2.45. The van der Waals surface area contributed by atoms with Crippen LogP contribution in [-0.2, 0) is 19.1 Å². The molecule has 0 bridgehead atoms. The zero-order chi connectivity index (χ0) is 30.3. The number of benzene rings is 1. The first-order chi connectivity index (χ1) is 19.4. The second-order valence-corrected chi connectivity index (χ2v) is 12.5. The topological polar surface area (TPSA) is 127 Å². The van der Waals surface area contributed by atoms with Gasteiger partial charge in [0.1, 0.15) is 23.6 Å². The minimum atomic E-state index is -0.808. The summed E-state index contributed by atoms with van der Waals surface area (Å²) in [6, 6.07) is 1.96. The lowest BCUT2D eigenvalue weighted by atomic mass is 9.84. The number of esters is 1. The van der Waals surface area contributed by atoms with Crippen LogP contribution in [0, 0.1) is 24.2 Å². The normalized spacial score (nSPS) is 20.9. The number of hydrogen-bond acceptors (Lipinski definition) is 8. The molecule has 3 rings (SSSR count). The Kier molecular flexibility index (Phi) is 11.0. The fraction of sp³-hybridized carbons (Fsp3) is 0.677. The zero-order valence-corrected chi connectivity index (χ0v) is 25.6. The lowest BCUT2D eigenvalue weighted by Gasteiger charge is -2.35. The fourth-order valence-electron chi connectivity index (χ4n) is 6.12. The molecule has 10 nitrogen and oxygen atoms in total. The zero-order valence-electron chi connectivity index (χ0n) is 25.6. The average molecular weight is 574 g/mol. The number of likely N-dealkylation sites (tertiary alicyclic amines) is 1. The second-order valence-electron chi connectivity index (χ2n) is 12.5.